The summed E-state index contributed by atoms with van der Waals surface area (Å²) in [7, 11) is 0. The fourth-order valence-corrected chi connectivity index (χ4v) is 0.871. The number of imidazole rings is 1. The minimum absolute atomic E-state index is 0.184. The highest BCUT2D eigenvalue weighted by Gasteiger charge is 2.05. The van der Waals surface area contributed by atoms with Crippen LogP contribution in [0, 0.1) is 11.3 Å². The summed E-state index contributed by atoms with van der Waals surface area (Å²) in [5.74, 6) is 0.294. The summed E-state index contributed by atoms with van der Waals surface area (Å²) < 4.78 is 1.57. The molecule has 1 aromatic rings. The predicted octanol–water partition coefficient (Wildman–Crippen LogP) is -0.926. The zero-order valence-electron chi connectivity index (χ0n) is 6.51. The Morgan fingerprint density at radius 2 is 2.58 bits per heavy atom. The second kappa shape index (κ2) is 3.85. The second-order valence-electron chi connectivity index (χ2n) is 2.40. The van der Waals surface area contributed by atoms with Crippen LogP contribution in [-0.2, 0) is 6.54 Å². The minimum atomic E-state index is -0.619. The number of hydrogen-bond donors (Lipinski definition) is 2. The Morgan fingerprint density at radius 3 is 3.17 bits per heavy atom. The number of aliphatic hydroxyl groups is 1. The van der Waals surface area contributed by atoms with Crippen molar-refractivity contribution in [2.24, 2.45) is 5.73 Å². The molecule has 1 rings (SSSR count). The van der Waals surface area contributed by atoms with E-state index in [1.165, 1.54) is 6.20 Å². The summed E-state index contributed by atoms with van der Waals surface area (Å²) in [6.45, 7) is 0.502. The fourth-order valence-electron chi connectivity index (χ4n) is 0.871. The van der Waals surface area contributed by atoms with E-state index in [0.717, 1.165) is 0 Å². The van der Waals surface area contributed by atoms with E-state index in [9.17, 15) is 0 Å². The van der Waals surface area contributed by atoms with Gasteiger partial charge in [-0.15, -0.1) is 0 Å². The van der Waals surface area contributed by atoms with E-state index in [-0.39, 0.29) is 6.54 Å². The molecule has 1 heterocycles. The lowest BCUT2D eigenvalue weighted by molar-refractivity contribution is 0.161. The smallest absolute Gasteiger partial charge is 0.212 e. The van der Waals surface area contributed by atoms with Crippen LogP contribution in [0.1, 0.15) is 5.82 Å². The average molecular weight is 166 g/mol. The molecular formula is C7H10N4O. The number of nitrogens with two attached hydrogens (primary N) is 1. The Morgan fingerprint density at radius 1 is 1.83 bits per heavy atom. The van der Waals surface area contributed by atoms with Crippen LogP contribution in [0.4, 0.5) is 0 Å². The van der Waals surface area contributed by atoms with Gasteiger partial charge in [-0.3, -0.25) is 0 Å². The Kier molecular flexibility index (Phi) is 2.80. The molecule has 1 unspecified atom stereocenters. The topological polar surface area (TPSA) is 87.9 Å². The van der Waals surface area contributed by atoms with E-state index in [4.69, 9.17) is 16.1 Å². The number of nitriles is 1. The largest absolute Gasteiger partial charge is 0.390 e. The van der Waals surface area contributed by atoms with Crippen LogP contribution in [0.5, 0.6) is 0 Å². The van der Waals surface area contributed by atoms with E-state index in [0.29, 0.717) is 12.4 Å². The molecule has 0 saturated carbocycles. The zero-order chi connectivity index (χ0) is 8.97. The Labute approximate surface area is 70.1 Å². The lowest BCUT2D eigenvalue weighted by Crippen LogP contribution is -2.25. The van der Waals surface area contributed by atoms with Gasteiger partial charge in [0.2, 0.25) is 5.82 Å². The molecule has 0 spiro atoms. The van der Waals surface area contributed by atoms with Crippen molar-refractivity contribution in [1.82, 2.24) is 9.55 Å². The van der Waals surface area contributed by atoms with Crippen molar-refractivity contribution in [3.8, 4) is 6.07 Å². The summed E-state index contributed by atoms with van der Waals surface area (Å²) in [5.41, 5.74) is 5.21. The van der Waals surface area contributed by atoms with Gasteiger partial charge in [0.1, 0.15) is 6.07 Å². The van der Waals surface area contributed by atoms with Crippen molar-refractivity contribution in [2.45, 2.75) is 12.6 Å². The Hall–Kier alpha value is -1.38. The summed E-state index contributed by atoms with van der Waals surface area (Å²) in [5, 5.41) is 17.7. The Bertz CT molecular complexity index is 288. The molecule has 0 aromatic carbocycles. The molecule has 1 atom stereocenters. The third kappa shape index (κ3) is 1.81. The quantitative estimate of drug-likeness (QED) is 0.607. The van der Waals surface area contributed by atoms with Crippen molar-refractivity contribution in [3.05, 3.63) is 18.2 Å². The number of nitrogens with zero attached hydrogens (tertiary/aromatic N) is 3. The minimum Gasteiger partial charge on any atom is -0.390 e. The van der Waals surface area contributed by atoms with E-state index in [2.05, 4.69) is 4.98 Å². The first kappa shape index (κ1) is 8.71. The first-order valence-electron chi connectivity index (χ1n) is 3.57. The van der Waals surface area contributed by atoms with Crippen molar-refractivity contribution < 1.29 is 5.11 Å². The van der Waals surface area contributed by atoms with Gasteiger partial charge in [-0.05, 0) is 0 Å². The van der Waals surface area contributed by atoms with E-state index < -0.39 is 6.10 Å². The molecule has 64 valence electrons. The molecule has 0 bridgehead atoms. The predicted molar refractivity (Wildman–Crippen MR) is 42.0 cm³/mol. The molecular weight excluding hydrogens is 156 g/mol. The van der Waals surface area contributed by atoms with Crippen LogP contribution in [0.3, 0.4) is 0 Å². The second-order valence-corrected chi connectivity index (χ2v) is 2.40. The molecule has 1 aromatic heterocycles. The maximum absolute atomic E-state index is 9.17. The molecule has 0 aliphatic heterocycles. The summed E-state index contributed by atoms with van der Waals surface area (Å²) >= 11 is 0. The lowest BCUT2D eigenvalue weighted by atomic mass is 10.3. The number of aromatic nitrogens is 2. The van der Waals surface area contributed by atoms with Gasteiger partial charge in [-0.2, -0.15) is 5.26 Å². The highest BCUT2D eigenvalue weighted by atomic mass is 16.3. The number of rotatable bonds is 3. The summed E-state index contributed by atoms with van der Waals surface area (Å²) in [4.78, 5) is 3.77. The van der Waals surface area contributed by atoms with E-state index in [1.807, 2.05) is 6.07 Å². The van der Waals surface area contributed by atoms with Crippen molar-refractivity contribution >= 4 is 0 Å². The first-order valence-corrected chi connectivity index (χ1v) is 3.57. The molecule has 0 aliphatic rings. The van der Waals surface area contributed by atoms with Gasteiger partial charge in [-0.25, -0.2) is 4.98 Å². The molecule has 0 radical (unpaired) electrons. The molecule has 0 saturated heterocycles. The van der Waals surface area contributed by atoms with Gasteiger partial charge in [0.05, 0.1) is 12.6 Å². The van der Waals surface area contributed by atoms with Crippen LogP contribution in [0.15, 0.2) is 12.4 Å². The van der Waals surface area contributed by atoms with E-state index >= 15 is 0 Å². The third-order valence-corrected chi connectivity index (χ3v) is 1.50. The lowest BCUT2D eigenvalue weighted by Gasteiger charge is -2.08. The monoisotopic (exact) mass is 166 g/mol. The fraction of sp³-hybridized carbons (Fsp3) is 0.429. The third-order valence-electron chi connectivity index (χ3n) is 1.50. The molecule has 5 nitrogen and oxygen atoms in total. The van der Waals surface area contributed by atoms with E-state index in [1.54, 1.807) is 10.8 Å². The zero-order valence-corrected chi connectivity index (χ0v) is 6.51. The number of aliphatic hydroxyl groups excluding tert-OH is 1. The van der Waals surface area contributed by atoms with Crippen LogP contribution in [0.2, 0.25) is 0 Å². The van der Waals surface area contributed by atoms with Gasteiger partial charge < -0.3 is 15.4 Å². The molecule has 0 aliphatic carbocycles. The SMILES string of the molecule is N#Cc1nccn1CC(O)CN. The van der Waals surface area contributed by atoms with Gasteiger partial charge >= 0.3 is 0 Å². The Balaban J connectivity index is 2.69. The summed E-state index contributed by atoms with van der Waals surface area (Å²) in [6, 6.07) is 1.90. The van der Waals surface area contributed by atoms with Crippen molar-refractivity contribution in [1.29, 1.82) is 5.26 Å². The van der Waals surface area contributed by atoms with Gasteiger partial charge in [0, 0.05) is 18.9 Å². The first-order chi connectivity index (χ1) is 5.77. The van der Waals surface area contributed by atoms with Crippen LogP contribution < -0.4 is 5.73 Å². The maximum atomic E-state index is 9.17. The normalized spacial score (nSPS) is 12.4. The standard InChI is InChI=1S/C7H10N4O/c8-3-6(12)5-11-2-1-10-7(11)4-9/h1-2,6,12H,3,5,8H2. The van der Waals surface area contributed by atoms with Crippen LogP contribution in [-0.4, -0.2) is 27.3 Å². The van der Waals surface area contributed by atoms with Crippen molar-refractivity contribution in [2.75, 3.05) is 6.54 Å². The summed E-state index contributed by atoms with van der Waals surface area (Å²) in [6.07, 6.45) is 2.53. The van der Waals surface area contributed by atoms with Crippen LogP contribution >= 0.6 is 0 Å². The number of hydrogen-bond acceptors (Lipinski definition) is 4. The van der Waals surface area contributed by atoms with Gasteiger partial charge in [0.15, 0.2) is 0 Å². The van der Waals surface area contributed by atoms with Gasteiger partial charge in [0.25, 0.3) is 0 Å². The highest BCUT2D eigenvalue weighted by molar-refractivity contribution is 5.11. The highest BCUT2D eigenvalue weighted by Crippen LogP contribution is 1.97. The van der Waals surface area contributed by atoms with Crippen LogP contribution in [0.25, 0.3) is 0 Å². The maximum Gasteiger partial charge on any atom is 0.212 e. The average Bonchev–Trinajstić information content (AvgIpc) is 2.51. The molecule has 0 fully saturated rings. The van der Waals surface area contributed by atoms with Crippen molar-refractivity contribution in [3.63, 3.8) is 0 Å². The molecule has 3 N–H and O–H groups in total. The molecule has 5 heteroatoms. The molecule has 12 heavy (non-hydrogen) atoms. The molecule has 0 amide bonds. The van der Waals surface area contributed by atoms with Gasteiger partial charge in [-0.1, -0.05) is 0 Å².